The molecule has 2 atom stereocenters. The van der Waals surface area contributed by atoms with Crippen LogP contribution in [0.25, 0.3) is 0 Å². The first-order chi connectivity index (χ1) is 5.72. The van der Waals surface area contributed by atoms with Gasteiger partial charge in [-0.3, -0.25) is 4.79 Å². The van der Waals surface area contributed by atoms with Gasteiger partial charge in [0.15, 0.2) is 0 Å². The maximum Gasteiger partial charge on any atom is 0.306 e. The highest BCUT2D eigenvalue weighted by molar-refractivity contribution is 5.70. The summed E-state index contributed by atoms with van der Waals surface area (Å²) in [5.74, 6) is -0.598. The molecule has 0 heterocycles. The topological polar surface area (TPSA) is 26.3 Å². The minimum atomic E-state index is -0.965. The van der Waals surface area contributed by atoms with Crippen LogP contribution in [-0.2, 0) is 9.53 Å². The zero-order valence-corrected chi connectivity index (χ0v) is 9.06. The smallest absolute Gasteiger partial charge is 0.306 e. The first kappa shape index (κ1) is 12.4. The van der Waals surface area contributed by atoms with Gasteiger partial charge in [-0.15, -0.1) is 0 Å². The largest absolute Gasteiger partial charge is 0.460 e. The highest BCUT2D eigenvalue weighted by Gasteiger charge is 2.20. The molecule has 0 unspecified atom stereocenters. The molecule has 0 spiro atoms. The number of esters is 1. The average Bonchev–Trinajstić information content (AvgIpc) is 1.81. The summed E-state index contributed by atoms with van der Waals surface area (Å²) in [6.07, 6.45) is -0.818. The maximum atomic E-state index is 12.7. The van der Waals surface area contributed by atoms with Crippen molar-refractivity contribution in [1.29, 1.82) is 0 Å². The number of rotatable bonds is 3. The van der Waals surface area contributed by atoms with Crippen molar-refractivity contribution in [2.24, 2.45) is 5.92 Å². The van der Waals surface area contributed by atoms with Gasteiger partial charge in [0.25, 0.3) is 0 Å². The van der Waals surface area contributed by atoms with Gasteiger partial charge in [0.2, 0.25) is 0 Å². The molecule has 0 N–H and O–H groups in total. The van der Waals surface area contributed by atoms with Crippen LogP contribution in [0, 0.1) is 5.92 Å². The molecule has 0 aromatic carbocycles. The van der Waals surface area contributed by atoms with E-state index in [1.54, 1.807) is 27.7 Å². The summed E-state index contributed by atoms with van der Waals surface area (Å²) in [7, 11) is 0. The van der Waals surface area contributed by atoms with E-state index >= 15 is 0 Å². The van der Waals surface area contributed by atoms with Gasteiger partial charge >= 0.3 is 5.97 Å². The summed E-state index contributed by atoms with van der Waals surface area (Å²) in [4.78, 5) is 11.2. The summed E-state index contributed by atoms with van der Waals surface area (Å²) in [5.41, 5.74) is -0.476. The Labute approximate surface area is 79.5 Å². The van der Waals surface area contributed by atoms with Crippen molar-refractivity contribution in [2.45, 2.75) is 52.8 Å². The van der Waals surface area contributed by atoms with Crippen LogP contribution in [0.2, 0.25) is 0 Å². The molecule has 2 nitrogen and oxygen atoms in total. The summed E-state index contributed by atoms with van der Waals surface area (Å²) >= 11 is 0. The van der Waals surface area contributed by atoms with Crippen LogP contribution < -0.4 is 0 Å². The Balaban J connectivity index is 3.89. The van der Waals surface area contributed by atoms with Gasteiger partial charge in [-0.1, -0.05) is 6.92 Å². The number of hydrogen-bond donors (Lipinski definition) is 0. The highest BCUT2D eigenvalue weighted by atomic mass is 19.1. The van der Waals surface area contributed by atoms with Crippen molar-refractivity contribution in [1.82, 2.24) is 0 Å². The number of hydrogen-bond acceptors (Lipinski definition) is 2. The molecule has 0 saturated heterocycles. The van der Waals surface area contributed by atoms with Crippen molar-refractivity contribution < 1.29 is 13.9 Å². The van der Waals surface area contributed by atoms with Gasteiger partial charge in [-0.2, -0.15) is 0 Å². The summed E-state index contributed by atoms with van der Waals surface area (Å²) < 4.78 is 17.7. The molecule has 0 aromatic rings. The minimum absolute atomic E-state index is 0.148. The van der Waals surface area contributed by atoms with E-state index in [9.17, 15) is 9.18 Å². The lowest BCUT2D eigenvalue weighted by Gasteiger charge is -2.21. The predicted octanol–water partition coefficient (Wildman–Crippen LogP) is 2.71. The van der Waals surface area contributed by atoms with Gasteiger partial charge in [0.1, 0.15) is 11.8 Å². The SMILES string of the molecule is C[C@H](F)[C@H](C)CC(=O)OC(C)(C)C. The van der Waals surface area contributed by atoms with Crippen LogP contribution in [0.5, 0.6) is 0 Å². The molecular weight excluding hydrogens is 171 g/mol. The third kappa shape index (κ3) is 6.55. The molecular formula is C10H19FO2. The molecule has 0 saturated carbocycles. The predicted molar refractivity (Wildman–Crippen MR) is 50.2 cm³/mol. The standard InChI is InChI=1S/C10H19FO2/c1-7(8(2)11)6-9(12)13-10(3,4)5/h7-8H,6H2,1-5H3/t7-,8+/m1/s1. The second-order valence-electron chi connectivity index (χ2n) is 4.45. The Bertz CT molecular complexity index is 170. The first-order valence-corrected chi connectivity index (χ1v) is 4.58. The second kappa shape index (κ2) is 4.58. The Morgan fingerprint density at radius 1 is 1.38 bits per heavy atom. The molecule has 0 radical (unpaired) electrons. The van der Waals surface area contributed by atoms with Crippen LogP contribution in [-0.4, -0.2) is 17.7 Å². The fourth-order valence-electron chi connectivity index (χ4n) is 0.808. The van der Waals surface area contributed by atoms with E-state index < -0.39 is 11.8 Å². The van der Waals surface area contributed by atoms with Gasteiger partial charge in [-0.25, -0.2) is 4.39 Å². The molecule has 0 aliphatic heterocycles. The van der Waals surface area contributed by atoms with Crippen molar-refractivity contribution >= 4 is 5.97 Å². The molecule has 78 valence electrons. The Morgan fingerprint density at radius 3 is 2.15 bits per heavy atom. The summed E-state index contributed by atoms with van der Waals surface area (Å²) in [5, 5.41) is 0. The van der Waals surface area contributed by atoms with Gasteiger partial charge in [-0.05, 0) is 33.6 Å². The number of alkyl halides is 1. The number of halogens is 1. The van der Waals surface area contributed by atoms with E-state index in [0.29, 0.717) is 0 Å². The normalized spacial score (nSPS) is 16.5. The third-order valence-electron chi connectivity index (χ3n) is 1.69. The van der Waals surface area contributed by atoms with E-state index in [2.05, 4.69) is 0 Å². The van der Waals surface area contributed by atoms with Crippen molar-refractivity contribution in [3.8, 4) is 0 Å². The fourth-order valence-corrected chi connectivity index (χ4v) is 0.808. The zero-order valence-electron chi connectivity index (χ0n) is 9.06. The maximum absolute atomic E-state index is 12.7. The molecule has 3 heteroatoms. The monoisotopic (exact) mass is 190 g/mol. The fraction of sp³-hybridized carbons (Fsp3) is 0.900. The van der Waals surface area contributed by atoms with Crippen molar-refractivity contribution in [3.63, 3.8) is 0 Å². The van der Waals surface area contributed by atoms with Crippen LogP contribution in [0.1, 0.15) is 41.0 Å². The zero-order chi connectivity index (χ0) is 10.6. The van der Waals surface area contributed by atoms with Crippen LogP contribution in [0.3, 0.4) is 0 Å². The summed E-state index contributed by atoms with van der Waals surface area (Å²) in [6.45, 7) is 8.56. The lowest BCUT2D eigenvalue weighted by atomic mass is 10.0. The van der Waals surface area contributed by atoms with Gasteiger partial charge < -0.3 is 4.74 Å². The van der Waals surface area contributed by atoms with Crippen molar-refractivity contribution in [3.05, 3.63) is 0 Å². The van der Waals surface area contributed by atoms with Crippen LogP contribution >= 0.6 is 0 Å². The van der Waals surface area contributed by atoms with Crippen LogP contribution in [0.15, 0.2) is 0 Å². The Morgan fingerprint density at radius 2 is 1.85 bits per heavy atom. The molecule has 0 bridgehead atoms. The van der Waals surface area contributed by atoms with Gasteiger partial charge in [0, 0.05) is 0 Å². The number of ether oxygens (including phenoxy) is 1. The molecule has 0 aliphatic carbocycles. The van der Waals surface area contributed by atoms with Crippen molar-refractivity contribution in [2.75, 3.05) is 0 Å². The average molecular weight is 190 g/mol. The lowest BCUT2D eigenvalue weighted by molar-refractivity contribution is -0.156. The molecule has 0 aliphatic rings. The van der Waals surface area contributed by atoms with Crippen LogP contribution in [0.4, 0.5) is 4.39 Å². The van der Waals surface area contributed by atoms with E-state index in [-0.39, 0.29) is 18.3 Å². The Hall–Kier alpha value is -0.600. The number of carbonyl (C=O) groups excluding carboxylic acids is 1. The highest BCUT2D eigenvalue weighted by Crippen LogP contribution is 2.15. The third-order valence-corrected chi connectivity index (χ3v) is 1.69. The first-order valence-electron chi connectivity index (χ1n) is 4.58. The minimum Gasteiger partial charge on any atom is -0.460 e. The van der Waals surface area contributed by atoms with E-state index in [0.717, 1.165) is 0 Å². The molecule has 0 amide bonds. The lowest BCUT2D eigenvalue weighted by Crippen LogP contribution is -2.26. The quantitative estimate of drug-likeness (QED) is 0.639. The van der Waals surface area contributed by atoms with E-state index in [4.69, 9.17) is 4.74 Å². The molecule has 0 fully saturated rings. The summed E-state index contributed by atoms with van der Waals surface area (Å²) in [6, 6.07) is 0. The molecule has 0 aromatic heterocycles. The Kier molecular flexibility index (Phi) is 4.37. The van der Waals surface area contributed by atoms with Gasteiger partial charge in [0.05, 0.1) is 6.42 Å². The number of carbonyl (C=O) groups is 1. The molecule has 0 rings (SSSR count). The molecule has 13 heavy (non-hydrogen) atoms. The van der Waals surface area contributed by atoms with E-state index in [1.807, 2.05) is 0 Å². The second-order valence-corrected chi connectivity index (χ2v) is 4.45. The van der Waals surface area contributed by atoms with E-state index in [1.165, 1.54) is 6.92 Å².